The Labute approximate surface area is 143 Å². The van der Waals surface area contributed by atoms with Crippen molar-refractivity contribution in [3.8, 4) is 0 Å². The van der Waals surface area contributed by atoms with Crippen LogP contribution in [0.2, 0.25) is 0 Å². The molecule has 0 bridgehead atoms. The maximum atomic E-state index is 11.9. The van der Waals surface area contributed by atoms with Gasteiger partial charge in [-0.05, 0) is 68.3 Å². The molecule has 0 spiro atoms. The summed E-state index contributed by atoms with van der Waals surface area (Å²) in [6.07, 6.45) is 5.12. The number of nitrogens with zero attached hydrogens (tertiary/aromatic N) is 1. The Kier molecular flexibility index (Phi) is 6.22. The van der Waals surface area contributed by atoms with Gasteiger partial charge in [0.25, 0.3) is 0 Å². The van der Waals surface area contributed by atoms with Crippen molar-refractivity contribution in [3.63, 3.8) is 0 Å². The van der Waals surface area contributed by atoms with Crippen LogP contribution in [0.15, 0.2) is 30.3 Å². The molecule has 0 radical (unpaired) electrons. The quantitative estimate of drug-likeness (QED) is 0.887. The second-order valence-corrected chi connectivity index (χ2v) is 7.75. The average molecular weight is 334 g/mol. The van der Waals surface area contributed by atoms with E-state index in [4.69, 9.17) is 0 Å². The van der Waals surface area contributed by atoms with E-state index in [0.29, 0.717) is 5.92 Å². The second kappa shape index (κ2) is 8.60. The third-order valence-electron chi connectivity index (χ3n) is 4.94. The number of para-hydroxylation sites is 1. The van der Waals surface area contributed by atoms with E-state index in [9.17, 15) is 4.79 Å². The predicted octanol–water partition coefficient (Wildman–Crippen LogP) is 3.42. The molecule has 23 heavy (non-hydrogen) atoms. The Morgan fingerprint density at radius 1 is 1.09 bits per heavy atom. The molecule has 1 aromatic rings. The molecule has 2 amide bonds. The SMILES string of the molecule is O=C(NCC1CCN(C2CCSCC2)CC1)Nc1ccccc1. The summed E-state index contributed by atoms with van der Waals surface area (Å²) in [5.41, 5.74) is 0.843. The highest BCUT2D eigenvalue weighted by Crippen LogP contribution is 2.26. The van der Waals surface area contributed by atoms with E-state index < -0.39 is 0 Å². The van der Waals surface area contributed by atoms with E-state index in [1.54, 1.807) is 0 Å². The summed E-state index contributed by atoms with van der Waals surface area (Å²) in [5, 5.41) is 5.90. The first-order valence-electron chi connectivity index (χ1n) is 8.73. The van der Waals surface area contributed by atoms with Crippen LogP contribution in [-0.4, -0.2) is 48.1 Å². The monoisotopic (exact) mass is 333 g/mol. The number of hydrogen-bond acceptors (Lipinski definition) is 3. The molecule has 2 heterocycles. The van der Waals surface area contributed by atoms with E-state index in [1.165, 1.54) is 50.3 Å². The van der Waals surface area contributed by atoms with Crippen LogP contribution < -0.4 is 10.6 Å². The number of urea groups is 1. The highest BCUT2D eigenvalue weighted by Gasteiger charge is 2.26. The smallest absolute Gasteiger partial charge is 0.319 e. The molecule has 1 aromatic carbocycles. The zero-order chi connectivity index (χ0) is 15.9. The normalized spacial score (nSPS) is 21.0. The first kappa shape index (κ1) is 16.7. The van der Waals surface area contributed by atoms with E-state index in [0.717, 1.165) is 18.3 Å². The summed E-state index contributed by atoms with van der Waals surface area (Å²) in [6.45, 7) is 3.18. The third kappa shape index (κ3) is 5.15. The van der Waals surface area contributed by atoms with Gasteiger partial charge in [0.2, 0.25) is 0 Å². The number of anilines is 1. The number of piperidine rings is 1. The Morgan fingerprint density at radius 3 is 2.48 bits per heavy atom. The fraction of sp³-hybridized carbons (Fsp3) is 0.611. The number of benzene rings is 1. The van der Waals surface area contributed by atoms with Crippen molar-refractivity contribution in [1.29, 1.82) is 0 Å². The van der Waals surface area contributed by atoms with Gasteiger partial charge in [0.05, 0.1) is 0 Å². The molecule has 2 N–H and O–H groups in total. The largest absolute Gasteiger partial charge is 0.338 e. The highest BCUT2D eigenvalue weighted by molar-refractivity contribution is 7.99. The van der Waals surface area contributed by atoms with Crippen molar-refractivity contribution in [2.24, 2.45) is 5.92 Å². The number of hydrogen-bond donors (Lipinski definition) is 2. The summed E-state index contributed by atoms with van der Waals surface area (Å²) in [5.74, 6) is 3.27. The molecule has 5 heteroatoms. The lowest BCUT2D eigenvalue weighted by Gasteiger charge is -2.39. The molecule has 126 valence electrons. The highest BCUT2D eigenvalue weighted by atomic mass is 32.2. The van der Waals surface area contributed by atoms with Gasteiger partial charge >= 0.3 is 6.03 Å². The lowest BCUT2D eigenvalue weighted by atomic mass is 9.94. The van der Waals surface area contributed by atoms with Gasteiger partial charge in [-0.2, -0.15) is 11.8 Å². The molecule has 0 unspecified atom stereocenters. The number of rotatable bonds is 4. The van der Waals surface area contributed by atoms with Crippen LogP contribution >= 0.6 is 11.8 Å². The fourth-order valence-corrected chi connectivity index (χ4v) is 4.59. The number of thioether (sulfide) groups is 1. The van der Waals surface area contributed by atoms with E-state index in [1.807, 2.05) is 30.3 Å². The van der Waals surface area contributed by atoms with Crippen LogP contribution in [0.4, 0.5) is 10.5 Å². The number of nitrogens with one attached hydrogen (secondary N) is 2. The summed E-state index contributed by atoms with van der Waals surface area (Å²) < 4.78 is 0. The maximum Gasteiger partial charge on any atom is 0.319 e. The summed E-state index contributed by atoms with van der Waals surface area (Å²) in [7, 11) is 0. The summed E-state index contributed by atoms with van der Waals surface area (Å²) >= 11 is 2.09. The first-order chi connectivity index (χ1) is 11.3. The third-order valence-corrected chi connectivity index (χ3v) is 5.99. The second-order valence-electron chi connectivity index (χ2n) is 6.52. The van der Waals surface area contributed by atoms with Crippen molar-refractivity contribution in [2.75, 3.05) is 36.5 Å². The van der Waals surface area contributed by atoms with Crippen LogP contribution in [0.25, 0.3) is 0 Å². The number of amides is 2. The molecule has 4 nitrogen and oxygen atoms in total. The Morgan fingerprint density at radius 2 is 1.78 bits per heavy atom. The molecule has 0 aromatic heterocycles. The van der Waals surface area contributed by atoms with Gasteiger partial charge in [-0.3, -0.25) is 0 Å². The maximum absolute atomic E-state index is 11.9. The van der Waals surface area contributed by atoms with Crippen molar-refractivity contribution in [3.05, 3.63) is 30.3 Å². The topological polar surface area (TPSA) is 44.4 Å². The van der Waals surface area contributed by atoms with Gasteiger partial charge in [-0.25, -0.2) is 4.79 Å². The van der Waals surface area contributed by atoms with Gasteiger partial charge in [0.15, 0.2) is 0 Å². The molecule has 0 atom stereocenters. The van der Waals surface area contributed by atoms with Crippen LogP contribution in [0.5, 0.6) is 0 Å². The molecule has 2 fully saturated rings. The zero-order valence-electron chi connectivity index (χ0n) is 13.7. The first-order valence-corrected chi connectivity index (χ1v) is 9.88. The van der Waals surface area contributed by atoms with Gasteiger partial charge in [0.1, 0.15) is 0 Å². The zero-order valence-corrected chi connectivity index (χ0v) is 14.5. The van der Waals surface area contributed by atoms with Crippen LogP contribution in [0.3, 0.4) is 0 Å². The molecule has 0 aliphatic carbocycles. The number of carbonyl (C=O) groups excluding carboxylic acids is 1. The van der Waals surface area contributed by atoms with Gasteiger partial charge < -0.3 is 15.5 Å². The Bertz CT molecular complexity index is 482. The average Bonchev–Trinajstić information content (AvgIpc) is 2.62. The standard InChI is InChI=1S/C18H27N3OS/c22-18(20-16-4-2-1-3-5-16)19-14-15-6-10-21(11-7-15)17-8-12-23-13-9-17/h1-5,15,17H,6-14H2,(H2,19,20,22). The van der Waals surface area contributed by atoms with Crippen LogP contribution in [0.1, 0.15) is 25.7 Å². The molecule has 2 aliphatic heterocycles. The molecule has 3 rings (SSSR count). The minimum Gasteiger partial charge on any atom is -0.338 e. The predicted molar refractivity (Wildman–Crippen MR) is 98.1 cm³/mol. The molecular weight excluding hydrogens is 306 g/mol. The Balaban J connectivity index is 1.35. The Hall–Kier alpha value is -1.20. The van der Waals surface area contributed by atoms with Crippen LogP contribution in [0, 0.1) is 5.92 Å². The molecular formula is C18H27N3OS. The number of likely N-dealkylation sites (tertiary alicyclic amines) is 1. The van der Waals surface area contributed by atoms with E-state index in [-0.39, 0.29) is 6.03 Å². The fourth-order valence-electron chi connectivity index (χ4n) is 3.51. The van der Waals surface area contributed by atoms with E-state index in [2.05, 4.69) is 27.3 Å². The minimum atomic E-state index is -0.0945. The lowest BCUT2D eigenvalue weighted by molar-refractivity contribution is 0.125. The van der Waals surface area contributed by atoms with Gasteiger partial charge in [-0.1, -0.05) is 18.2 Å². The molecule has 0 saturated carbocycles. The number of carbonyl (C=O) groups is 1. The van der Waals surface area contributed by atoms with Gasteiger partial charge in [-0.15, -0.1) is 0 Å². The minimum absolute atomic E-state index is 0.0945. The summed E-state index contributed by atoms with van der Waals surface area (Å²) in [4.78, 5) is 14.6. The van der Waals surface area contributed by atoms with Crippen molar-refractivity contribution < 1.29 is 4.79 Å². The van der Waals surface area contributed by atoms with E-state index >= 15 is 0 Å². The van der Waals surface area contributed by atoms with Gasteiger partial charge in [0, 0.05) is 18.3 Å². The lowest BCUT2D eigenvalue weighted by Crippen LogP contribution is -2.45. The van der Waals surface area contributed by atoms with Crippen molar-refractivity contribution in [1.82, 2.24) is 10.2 Å². The van der Waals surface area contributed by atoms with Crippen molar-refractivity contribution >= 4 is 23.5 Å². The molecule has 2 aliphatic rings. The van der Waals surface area contributed by atoms with Crippen LogP contribution in [-0.2, 0) is 0 Å². The summed E-state index contributed by atoms with van der Waals surface area (Å²) in [6, 6.07) is 10.3. The van der Waals surface area contributed by atoms with Crippen molar-refractivity contribution in [2.45, 2.75) is 31.7 Å². The molecule has 2 saturated heterocycles.